The number of nitrogens with two attached hydrogens (primary N) is 1. The number of halogens is 1. The van der Waals surface area contributed by atoms with Crippen LogP contribution in [0.5, 0.6) is 0 Å². The molecule has 0 aliphatic carbocycles. The molecule has 1 aromatic carbocycles. The van der Waals surface area contributed by atoms with E-state index in [1.54, 1.807) is 11.3 Å². The van der Waals surface area contributed by atoms with Crippen LogP contribution in [0.1, 0.15) is 17.4 Å². The second-order valence-corrected chi connectivity index (χ2v) is 5.72. The maximum absolute atomic E-state index is 5.94. The minimum absolute atomic E-state index is 0.772. The molecule has 2 aromatic rings. The number of benzene rings is 1. The average Bonchev–Trinajstić information content (AvgIpc) is 2.75. The fourth-order valence-electron chi connectivity index (χ4n) is 1.71. The molecule has 0 fully saturated rings. The van der Waals surface area contributed by atoms with Gasteiger partial charge in [0.05, 0.1) is 11.4 Å². The number of rotatable bonds is 4. The highest BCUT2D eigenvalue weighted by Crippen LogP contribution is 2.25. The number of nitrogens with one attached hydrogen (secondary N) is 1. The molecular formula is C13H15BrN2S. The molecule has 4 heteroatoms. The Kier molecular flexibility index (Phi) is 4.07. The standard InChI is InChI=1S/C13H15BrN2S/c1-2-9-5-6-17-13(9)8-16-12-4-3-10(14)7-11(12)15/h3-7,16H,2,8,15H2,1H3. The fraction of sp³-hybridized carbons (Fsp3) is 0.231. The molecule has 0 atom stereocenters. The highest BCUT2D eigenvalue weighted by molar-refractivity contribution is 9.10. The predicted molar refractivity (Wildman–Crippen MR) is 79.6 cm³/mol. The number of aryl methyl sites for hydroxylation is 1. The van der Waals surface area contributed by atoms with Crippen molar-refractivity contribution >= 4 is 38.6 Å². The zero-order valence-electron chi connectivity index (χ0n) is 9.66. The number of hydrogen-bond acceptors (Lipinski definition) is 3. The third-order valence-electron chi connectivity index (χ3n) is 2.67. The van der Waals surface area contributed by atoms with Gasteiger partial charge in [-0.05, 0) is 41.6 Å². The summed E-state index contributed by atoms with van der Waals surface area (Å²) in [6, 6.07) is 8.09. The van der Waals surface area contributed by atoms with Gasteiger partial charge in [-0.2, -0.15) is 0 Å². The fourth-order valence-corrected chi connectivity index (χ4v) is 3.00. The van der Waals surface area contributed by atoms with Crippen molar-refractivity contribution in [2.75, 3.05) is 11.1 Å². The SMILES string of the molecule is CCc1ccsc1CNc1ccc(Br)cc1N. The summed E-state index contributed by atoms with van der Waals surface area (Å²) in [6.45, 7) is 3.02. The van der Waals surface area contributed by atoms with Gasteiger partial charge in [-0.1, -0.05) is 22.9 Å². The lowest BCUT2D eigenvalue weighted by Gasteiger charge is -2.09. The van der Waals surface area contributed by atoms with Gasteiger partial charge in [0, 0.05) is 15.9 Å². The van der Waals surface area contributed by atoms with Gasteiger partial charge < -0.3 is 11.1 Å². The second-order valence-electron chi connectivity index (χ2n) is 3.81. The minimum Gasteiger partial charge on any atom is -0.397 e. The van der Waals surface area contributed by atoms with Crippen LogP contribution < -0.4 is 11.1 Å². The number of thiophene rings is 1. The van der Waals surface area contributed by atoms with Gasteiger partial charge in [0.15, 0.2) is 0 Å². The van der Waals surface area contributed by atoms with Gasteiger partial charge in [-0.15, -0.1) is 11.3 Å². The van der Waals surface area contributed by atoms with Gasteiger partial charge >= 0.3 is 0 Å². The smallest absolute Gasteiger partial charge is 0.0577 e. The summed E-state index contributed by atoms with van der Waals surface area (Å²) < 4.78 is 1.01. The van der Waals surface area contributed by atoms with Crippen molar-refractivity contribution in [1.82, 2.24) is 0 Å². The van der Waals surface area contributed by atoms with Gasteiger partial charge in [0.1, 0.15) is 0 Å². The van der Waals surface area contributed by atoms with Gasteiger partial charge in [-0.25, -0.2) is 0 Å². The Labute approximate surface area is 114 Å². The molecule has 0 radical (unpaired) electrons. The molecule has 0 aliphatic heterocycles. The monoisotopic (exact) mass is 310 g/mol. The van der Waals surface area contributed by atoms with Crippen molar-refractivity contribution in [3.8, 4) is 0 Å². The zero-order valence-corrected chi connectivity index (χ0v) is 12.1. The van der Waals surface area contributed by atoms with Crippen molar-refractivity contribution in [3.05, 3.63) is 44.6 Å². The molecule has 0 unspecified atom stereocenters. The third-order valence-corrected chi connectivity index (χ3v) is 4.13. The highest BCUT2D eigenvalue weighted by Gasteiger charge is 2.04. The van der Waals surface area contributed by atoms with Gasteiger partial charge in [-0.3, -0.25) is 0 Å². The van der Waals surface area contributed by atoms with E-state index in [9.17, 15) is 0 Å². The van der Waals surface area contributed by atoms with Crippen LogP contribution in [0.2, 0.25) is 0 Å². The Morgan fingerprint density at radius 2 is 2.18 bits per heavy atom. The maximum Gasteiger partial charge on any atom is 0.0577 e. The molecule has 1 aromatic heterocycles. The van der Waals surface area contributed by atoms with Crippen molar-refractivity contribution < 1.29 is 0 Å². The van der Waals surface area contributed by atoms with Gasteiger partial charge in [0.25, 0.3) is 0 Å². The summed E-state index contributed by atoms with van der Waals surface area (Å²) in [6.07, 6.45) is 1.08. The van der Waals surface area contributed by atoms with Crippen molar-refractivity contribution in [3.63, 3.8) is 0 Å². The average molecular weight is 311 g/mol. The first-order valence-corrected chi connectivity index (χ1v) is 7.22. The Hall–Kier alpha value is -1.00. The molecule has 17 heavy (non-hydrogen) atoms. The summed E-state index contributed by atoms with van der Waals surface area (Å²) in [4.78, 5) is 1.38. The molecule has 1 heterocycles. The lowest BCUT2D eigenvalue weighted by Crippen LogP contribution is -2.02. The van der Waals surface area contributed by atoms with E-state index >= 15 is 0 Å². The first-order chi connectivity index (χ1) is 8.20. The summed E-state index contributed by atoms with van der Waals surface area (Å²) in [5.74, 6) is 0. The summed E-state index contributed by atoms with van der Waals surface area (Å²) in [5.41, 5.74) is 9.12. The van der Waals surface area contributed by atoms with Crippen molar-refractivity contribution in [1.29, 1.82) is 0 Å². The lowest BCUT2D eigenvalue weighted by atomic mass is 10.2. The van der Waals surface area contributed by atoms with Crippen LogP contribution in [0.3, 0.4) is 0 Å². The Morgan fingerprint density at radius 1 is 1.35 bits per heavy atom. The normalized spacial score (nSPS) is 10.5. The Balaban J connectivity index is 2.07. The molecule has 0 saturated carbocycles. The van der Waals surface area contributed by atoms with Crippen LogP contribution >= 0.6 is 27.3 Å². The van der Waals surface area contributed by atoms with E-state index < -0.39 is 0 Å². The summed E-state index contributed by atoms with van der Waals surface area (Å²) in [7, 11) is 0. The van der Waals surface area contributed by atoms with Crippen LogP contribution in [-0.2, 0) is 13.0 Å². The van der Waals surface area contributed by atoms with E-state index in [-0.39, 0.29) is 0 Å². The molecule has 3 N–H and O–H groups in total. The van der Waals surface area contributed by atoms with E-state index in [1.165, 1.54) is 10.4 Å². The van der Waals surface area contributed by atoms with Crippen LogP contribution in [-0.4, -0.2) is 0 Å². The second kappa shape index (κ2) is 5.56. The minimum atomic E-state index is 0.772. The van der Waals surface area contributed by atoms with E-state index in [2.05, 4.69) is 39.6 Å². The molecule has 2 nitrogen and oxygen atoms in total. The summed E-state index contributed by atoms with van der Waals surface area (Å²) >= 11 is 5.19. The topological polar surface area (TPSA) is 38.0 Å². The summed E-state index contributed by atoms with van der Waals surface area (Å²) in [5, 5.41) is 5.52. The lowest BCUT2D eigenvalue weighted by molar-refractivity contribution is 1.08. The molecule has 2 rings (SSSR count). The maximum atomic E-state index is 5.94. The van der Waals surface area contributed by atoms with E-state index in [4.69, 9.17) is 5.73 Å². The number of hydrogen-bond donors (Lipinski definition) is 2. The third kappa shape index (κ3) is 3.01. The van der Waals surface area contributed by atoms with Crippen molar-refractivity contribution in [2.45, 2.75) is 19.9 Å². The molecular weight excluding hydrogens is 296 g/mol. The van der Waals surface area contributed by atoms with Crippen molar-refractivity contribution in [2.24, 2.45) is 0 Å². The molecule has 0 spiro atoms. The quantitative estimate of drug-likeness (QED) is 0.828. The molecule has 0 aliphatic rings. The molecule has 0 amide bonds. The Bertz CT molecular complexity index is 508. The number of nitrogen functional groups attached to an aromatic ring is 1. The molecule has 90 valence electrons. The van der Waals surface area contributed by atoms with Crippen LogP contribution in [0.25, 0.3) is 0 Å². The van der Waals surface area contributed by atoms with Crippen LogP contribution in [0.4, 0.5) is 11.4 Å². The van der Waals surface area contributed by atoms with E-state index in [1.807, 2.05) is 18.2 Å². The largest absolute Gasteiger partial charge is 0.397 e. The Morgan fingerprint density at radius 3 is 2.88 bits per heavy atom. The zero-order chi connectivity index (χ0) is 12.3. The van der Waals surface area contributed by atoms with Crippen LogP contribution in [0, 0.1) is 0 Å². The number of anilines is 2. The first kappa shape index (κ1) is 12.5. The molecule has 0 bridgehead atoms. The van der Waals surface area contributed by atoms with E-state index in [0.717, 1.165) is 28.8 Å². The highest BCUT2D eigenvalue weighted by atomic mass is 79.9. The molecule has 0 saturated heterocycles. The first-order valence-electron chi connectivity index (χ1n) is 5.55. The van der Waals surface area contributed by atoms with Crippen LogP contribution in [0.15, 0.2) is 34.1 Å². The van der Waals surface area contributed by atoms with E-state index in [0.29, 0.717) is 0 Å². The van der Waals surface area contributed by atoms with Gasteiger partial charge in [0.2, 0.25) is 0 Å². The predicted octanol–water partition coefficient (Wildman–Crippen LogP) is 4.27.